The molecule has 0 bridgehead atoms. The molecule has 0 fully saturated rings. The molecule has 0 aliphatic carbocycles. The molecule has 0 amide bonds. The van der Waals surface area contributed by atoms with Crippen LogP contribution in [0.15, 0.2) is 0 Å². The molecule has 0 radical (unpaired) electrons. The lowest BCUT2D eigenvalue weighted by Gasteiger charge is -2.23. The summed E-state index contributed by atoms with van der Waals surface area (Å²) in [6, 6.07) is 0. The minimum Gasteiger partial charge on any atom is -0.394 e. The second-order valence-corrected chi connectivity index (χ2v) is 2.63. The van der Waals surface area contributed by atoms with Crippen molar-refractivity contribution >= 4 is 17.6 Å². The largest absolute Gasteiger partial charge is 0.394 e. The van der Waals surface area contributed by atoms with E-state index < -0.39 is 31.0 Å². The van der Waals surface area contributed by atoms with E-state index in [1.54, 1.807) is 0 Å². The number of hydrogen-bond donors (Lipinski definition) is 5. The monoisotopic (exact) mass is 196 g/mol. The normalized spacial score (nSPS) is 21.1. The van der Waals surface area contributed by atoms with Crippen LogP contribution in [-0.4, -0.2) is 61.9 Å². The maximum atomic E-state index is 9.02. The van der Waals surface area contributed by atoms with Crippen LogP contribution in [0.3, 0.4) is 0 Å². The minimum absolute atomic E-state index is 0.692. The van der Waals surface area contributed by atoms with Crippen LogP contribution in [0.5, 0.6) is 0 Å². The SMILES string of the molecule is OC[C@H](O)[C@@H](O)[C@H](O)[C@H](O)C=S. The third-order valence-corrected chi connectivity index (χ3v) is 1.70. The first kappa shape index (κ1) is 11.9. The first-order valence-electron chi connectivity index (χ1n) is 3.33. The van der Waals surface area contributed by atoms with Gasteiger partial charge in [-0.3, -0.25) is 0 Å². The summed E-state index contributed by atoms with van der Waals surface area (Å²) in [7, 11) is 0. The van der Waals surface area contributed by atoms with E-state index >= 15 is 0 Å². The van der Waals surface area contributed by atoms with Gasteiger partial charge in [0.25, 0.3) is 0 Å². The van der Waals surface area contributed by atoms with Gasteiger partial charge in [-0.15, -0.1) is 0 Å². The van der Waals surface area contributed by atoms with Gasteiger partial charge in [0.15, 0.2) is 0 Å². The number of thiocarbonyl (C=S) groups is 1. The molecule has 0 heterocycles. The second kappa shape index (κ2) is 5.52. The van der Waals surface area contributed by atoms with Gasteiger partial charge >= 0.3 is 0 Å². The minimum atomic E-state index is -1.61. The lowest BCUT2D eigenvalue weighted by molar-refractivity contribution is -0.0996. The average molecular weight is 196 g/mol. The third kappa shape index (κ3) is 3.10. The zero-order chi connectivity index (χ0) is 9.72. The molecule has 0 aromatic carbocycles. The molecule has 0 unspecified atom stereocenters. The average Bonchev–Trinajstić information content (AvgIpc) is 2.12. The zero-order valence-corrected chi connectivity index (χ0v) is 7.05. The molecule has 4 atom stereocenters. The Morgan fingerprint density at radius 2 is 1.58 bits per heavy atom. The summed E-state index contributed by atoms with van der Waals surface area (Å²) in [6.07, 6.45) is -6.06. The van der Waals surface area contributed by atoms with E-state index in [1.165, 1.54) is 0 Å². The van der Waals surface area contributed by atoms with Crippen molar-refractivity contribution in [2.24, 2.45) is 0 Å². The van der Waals surface area contributed by atoms with Gasteiger partial charge in [0.2, 0.25) is 0 Å². The Balaban J connectivity index is 4.07. The quantitative estimate of drug-likeness (QED) is 0.310. The van der Waals surface area contributed by atoms with E-state index in [9.17, 15) is 0 Å². The predicted molar refractivity (Wildman–Crippen MR) is 44.8 cm³/mol. The molecule has 6 heteroatoms. The van der Waals surface area contributed by atoms with Gasteiger partial charge in [-0.2, -0.15) is 0 Å². The van der Waals surface area contributed by atoms with E-state index in [1.807, 2.05) is 0 Å². The summed E-state index contributed by atoms with van der Waals surface area (Å²) in [4.78, 5) is 0. The Hall–Kier alpha value is -0.110. The third-order valence-electron chi connectivity index (χ3n) is 1.42. The van der Waals surface area contributed by atoms with E-state index in [2.05, 4.69) is 12.2 Å². The van der Waals surface area contributed by atoms with Crippen LogP contribution in [0.4, 0.5) is 0 Å². The van der Waals surface area contributed by atoms with Crippen molar-refractivity contribution in [1.29, 1.82) is 0 Å². The van der Waals surface area contributed by atoms with Crippen LogP contribution in [0, 0.1) is 0 Å². The van der Waals surface area contributed by atoms with Crippen LogP contribution < -0.4 is 0 Å². The Bertz CT molecular complexity index is 142. The van der Waals surface area contributed by atoms with Crippen LogP contribution >= 0.6 is 12.2 Å². The maximum Gasteiger partial charge on any atom is 0.113 e. The standard InChI is InChI=1S/C6H12O5S/c7-1-3(8)5(10)6(11)4(9)2-12/h2-11H,1H2/t3-,4+,5+,6+/m0/s1. The van der Waals surface area contributed by atoms with Gasteiger partial charge in [0, 0.05) is 5.37 Å². The number of hydrogen-bond acceptors (Lipinski definition) is 6. The lowest BCUT2D eigenvalue weighted by atomic mass is 10.0. The van der Waals surface area contributed by atoms with Crippen LogP contribution in [0.2, 0.25) is 0 Å². The van der Waals surface area contributed by atoms with Crippen molar-refractivity contribution < 1.29 is 25.5 Å². The topological polar surface area (TPSA) is 101 Å². The van der Waals surface area contributed by atoms with E-state index in [0.29, 0.717) is 0 Å². The number of aliphatic hydroxyl groups is 5. The fraction of sp³-hybridized carbons (Fsp3) is 0.833. The summed E-state index contributed by atoms with van der Waals surface area (Å²) >= 11 is 4.30. The first-order chi connectivity index (χ1) is 5.54. The lowest BCUT2D eigenvalue weighted by Crippen LogP contribution is -2.46. The molecule has 0 aromatic heterocycles. The highest BCUT2D eigenvalue weighted by molar-refractivity contribution is 7.79. The van der Waals surface area contributed by atoms with Gasteiger partial charge < -0.3 is 25.5 Å². The summed E-state index contributed by atoms with van der Waals surface area (Å²) in [5.74, 6) is 0. The molecule has 0 aromatic rings. The molecule has 0 aliphatic rings. The van der Waals surface area contributed by atoms with Gasteiger partial charge in [-0.05, 0) is 0 Å². The molecule has 0 saturated heterocycles. The fourth-order valence-corrected chi connectivity index (χ4v) is 0.779. The van der Waals surface area contributed by atoms with Crippen LogP contribution in [0.1, 0.15) is 0 Å². The van der Waals surface area contributed by atoms with E-state index in [4.69, 9.17) is 25.5 Å². The van der Waals surface area contributed by atoms with Gasteiger partial charge in [-0.25, -0.2) is 0 Å². The highest BCUT2D eigenvalue weighted by Gasteiger charge is 2.28. The fourth-order valence-electron chi connectivity index (χ4n) is 0.618. The van der Waals surface area contributed by atoms with Crippen molar-refractivity contribution in [2.45, 2.75) is 24.4 Å². The van der Waals surface area contributed by atoms with Gasteiger partial charge in [0.1, 0.15) is 24.4 Å². The number of aliphatic hydroxyl groups excluding tert-OH is 5. The molecule has 0 rings (SSSR count). The van der Waals surface area contributed by atoms with E-state index in [0.717, 1.165) is 5.37 Å². The summed E-state index contributed by atoms with van der Waals surface area (Å²) in [5.41, 5.74) is 0. The zero-order valence-electron chi connectivity index (χ0n) is 6.24. The van der Waals surface area contributed by atoms with Crippen molar-refractivity contribution in [3.05, 3.63) is 0 Å². The second-order valence-electron chi connectivity index (χ2n) is 2.36. The first-order valence-corrected chi connectivity index (χ1v) is 3.80. The van der Waals surface area contributed by atoms with Gasteiger partial charge in [0.05, 0.1) is 6.61 Å². The van der Waals surface area contributed by atoms with Crippen molar-refractivity contribution in [3.8, 4) is 0 Å². The summed E-state index contributed by atoms with van der Waals surface area (Å²) in [6.45, 7) is -0.692. The molecule has 0 spiro atoms. The molecule has 5 N–H and O–H groups in total. The Morgan fingerprint density at radius 1 is 1.08 bits per heavy atom. The van der Waals surface area contributed by atoms with Crippen molar-refractivity contribution in [3.63, 3.8) is 0 Å². The Labute approximate surface area is 74.9 Å². The molecular weight excluding hydrogens is 184 g/mol. The highest BCUT2D eigenvalue weighted by Crippen LogP contribution is 2.03. The molecule has 5 nitrogen and oxygen atoms in total. The Kier molecular flexibility index (Phi) is 5.47. The van der Waals surface area contributed by atoms with Crippen molar-refractivity contribution in [2.75, 3.05) is 6.61 Å². The molecule has 0 aliphatic heterocycles. The molecule has 12 heavy (non-hydrogen) atoms. The van der Waals surface area contributed by atoms with E-state index in [-0.39, 0.29) is 0 Å². The molecule has 72 valence electrons. The summed E-state index contributed by atoms with van der Waals surface area (Å²) in [5, 5.41) is 44.9. The summed E-state index contributed by atoms with van der Waals surface area (Å²) < 4.78 is 0. The maximum absolute atomic E-state index is 9.02. The highest BCUT2D eigenvalue weighted by atomic mass is 32.1. The smallest absolute Gasteiger partial charge is 0.113 e. The van der Waals surface area contributed by atoms with Crippen molar-refractivity contribution in [1.82, 2.24) is 0 Å². The van der Waals surface area contributed by atoms with Crippen LogP contribution in [0.25, 0.3) is 0 Å². The van der Waals surface area contributed by atoms with Crippen LogP contribution in [-0.2, 0) is 0 Å². The molecular formula is C6H12O5S. The Morgan fingerprint density at radius 3 is 1.92 bits per heavy atom. The van der Waals surface area contributed by atoms with Gasteiger partial charge in [-0.1, -0.05) is 12.2 Å². The molecule has 0 saturated carbocycles. The number of rotatable bonds is 5. The predicted octanol–water partition coefficient (Wildman–Crippen LogP) is -2.58.